The zero-order valence-corrected chi connectivity index (χ0v) is 17.6. The van der Waals surface area contributed by atoms with Gasteiger partial charge in [0.15, 0.2) is 0 Å². The molecule has 1 aliphatic carbocycles. The normalized spacial score (nSPS) is 20.3. The largest absolute Gasteiger partial charge is 0.505 e. The Morgan fingerprint density at radius 3 is 2.31 bits per heavy atom. The van der Waals surface area contributed by atoms with Crippen LogP contribution in [0.15, 0.2) is 28.3 Å². The van der Waals surface area contributed by atoms with Gasteiger partial charge in [-0.05, 0) is 28.4 Å². The first-order chi connectivity index (χ1) is 11.8. The molecule has 1 atom stereocenters. The number of hydrazone groups is 1. The fourth-order valence-electron chi connectivity index (χ4n) is 2.84. The highest BCUT2D eigenvalue weighted by atomic mass is 35.5. The van der Waals surface area contributed by atoms with Crippen LogP contribution in [0.5, 0.6) is 5.75 Å². The quantitative estimate of drug-likeness (QED) is 0.536. The lowest BCUT2D eigenvalue weighted by Crippen LogP contribution is -2.46. The molecule has 0 saturated heterocycles. The molecule has 4 nitrogen and oxygen atoms in total. The number of phenolic OH excluding ortho intramolecular Hbond substituents is 1. The molecule has 26 heavy (non-hydrogen) atoms. The van der Waals surface area contributed by atoms with Gasteiger partial charge in [0, 0.05) is 23.1 Å². The third kappa shape index (κ3) is 4.47. The first-order valence-electron chi connectivity index (χ1n) is 9.01. The van der Waals surface area contributed by atoms with Crippen molar-refractivity contribution in [3.63, 3.8) is 0 Å². The van der Waals surface area contributed by atoms with Crippen LogP contribution in [0.25, 0.3) is 0 Å². The fraction of sp³-hybridized carbons (Fsp3) is 0.524. The van der Waals surface area contributed by atoms with Crippen molar-refractivity contribution in [3.05, 3.63) is 34.4 Å². The van der Waals surface area contributed by atoms with E-state index in [2.05, 4.69) is 58.1 Å². The van der Waals surface area contributed by atoms with Crippen LogP contribution in [0.2, 0.25) is 0 Å². The van der Waals surface area contributed by atoms with Crippen LogP contribution in [-0.4, -0.2) is 16.5 Å². The fourth-order valence-corrected chi connectivity index (χ4v) is 3.04. The molecule has 0 aliphatic heterocycles. The number of nitrogens with one attached hydrogen (secondary N) is 1. The van der Waals surface area contributed by atoms with Gasteiger partial charge in [-0.2, -0.15) is 5.10 Å². The zero-order chi connectivity index (χ0) is 19.9. The molecule has 0 radical (unpaired) electrons. The topological polar surface area (TPSA) is 70.2 Å². The second-order valence-corrected chi connectivity index (χ2v) is 9.62. The molecule has 4 N–H and O–H groups in total. The molecule has 0 bridgehead atoms. The van der Waals surface area contributed by atoms with Crippen LogP contribution in [-0.2, 0) is 10.8 Å². The van der Waals surface area contributed by atoms with Crippen LogP contribution in [0.4, 0.5) is 5.69 Å². The number of benzene rings is 1. The second-order valence-electron chi connectivity index (χ2n) is 9.18. The summed E-state index contributed by atoms with van der Waals surface area (Å²) in [5.41, 5.74) is 6.74. The average Bonchev–Trinajstić information content (AvgIpc) is 2.48. The van der Waals surface area contributed by atoms with E-state index in [0.29, 0.717) is 17.8 Å². The lowest BCUT2D eigenvalue weighted by atomic mass is 9.80. The zero-order valence-electron chi connectivity index (χ0n) is 16.9. The van der Waals surface area contributed by atoms with E-state index >= 15 is 0 Å². The lowest BCUT2D eigenvalue weighted by Gasteiger charge is -2.27. The van der Waals surface area contributed by atoms with Gasteiger partial charge < -0.3 is 5.11 Å². The van der Waals surface area contributed by atoms with E-state index in [0.717, 1.165) is 21.9 Å². The summed E-state index contributed by atoms with van der Waals surface area (Å²) in [7, 11) is 0. The average molecular weight is 377 g/mol. The van der Waals surface area contributed by atoms with Crippen molar-refractivity contribution in [2.75, 3.05) is 5.43 Å². The molecule has 0 heterocycles. The number of allylic oxidation sites excluding steroid dienone is 2. The standard InChI is InChI=1S/C21H30ClN3O/c1-12-8-17(16(23)11-15(12)22)24-25-18-10-13(20(2,3)4)9-14(19(18)26)21(5,6)7/h9-12,23,25-26H,8H2,1-7H3/p+1/b23-16?,24-17-. The monoisotopic (exact) mass is 376 g/mol. The molecule has 1 aromatic carbocycles. The predicted molar refractivity (Wildman–Crippen MR) is 111 cm³/mol. The Morgan fingerprint density at radius 2 is 1.77 bits per heavy atom. The van der Waals surface area contributed by atoms with Gasteiger partial charge in [0.25, 0.3) is 0 Å². The maximum absolute atomic E-state index is 10.8. The van der Waals surface area contributed by atoms with E-state index in [1.165, 1.54) is 0 Å². The number of phenols is 1. The molecule has 1 unspecified atom stereocenters. The first kappa shape index (κ1) is 20.5. The highest BCUT2D eigenvalue weighted by molar-refractivity contribution is 6.48. The maximum Gasteiger partial charge on any atom is 0.221 e. The van der Waals surface area contributed by atoms with Crippen molar-refractivity contribution < 1.29 is 10.5 Å². The van der Waals surface area contributed by atoms with Gasteiger partial charge in [0.2, 0.25) is 5.71 Å². The van der Waals surface area contributed by atoms with Crippen molar-refractivity contribution in [2.45, 2.75) is 65.7 Å². The summed E-state index contributed by atoms with van der Waals surface area (Å²) in [4.78, 5) is 0. The molecule has 0 amide bonds. The van der Waals surface area contributed by atoms with Crippen LogP contribution in [0.3, 0.4) is 0 Å². The Bertz CT molecular complexity index is 780. The number of halogens is 1. The number of hydrogen-bond acceptors (Lipinski definition) is 3. The van der Waals surface area contributed by atoms with Crippen molar-refractivity contribution in [2.24, 2.45) is 11.0 Å². The Labute approximate surface area is 161 Å². The summed E-state index contributed by atoms with van der Waals surface area (Å²) in [6.07, 6.45) is 2.42. The van der Waals surface area contributed by atoms with E-state index in [9.17, 15) is 5.11 Å². The van der Waals surface area contributed by atoms with E-state index < -0.39 is 0 Å². The Hall–Kier alpha value is -1.81. The van der Waals surface area contributed by atoms with Crippen LogP contribution in [0, 0.1) is 5.92 Å². The maximum atomic E-state index is 10.8. The summed E-state index contributed by atoms with van der Waals surface area (Å²) in [6, 6.07) is 4.04. The Balaban J connectivity index is 2.46. The van der Waals surface area contributed by atoms with Crippen LogP contribution >= 0.6 is 11.6 Å². The van der Waals surface area contributed by atoms with Gasteiger partial charge in [-0.15, -0.1) is 0 Å². The van der Waals surface area contributed by atoms with Crippen LogP contribution < -0.4 is 10.8 Å². The highest BCUT2D eigenvalue weighted by Crippen LogP contribution is 2.40. The van der Waals surface area contributed by atoms with Crippen molar-refractivity contribution in [1.82, 2.24) is 0 Å². The van der Waals surface area contributed by atoms with E-state index in [4.69, 9.17) is 17.0 Å². The van der Waals surface area contributed by atoms with Gasteiger partial charge in [-0.25, -0.2) is 0 Å². The molecule has 0 aromatic heterocycles. The molecular weight excluding hydrogens is 346 g/mol. The third-order valence-corrected chi connectivity index (χ3v) is 5.17. The van der Waals surface area contributed by atoms with Gasteiger partial charge in [0.1, 0.15) is 11.5 Å². The number of nitrogens with two attached hydrogens (primary N) is 1. The van der Waals surface area contributed by atoms with Gasteiger partial charge in [0.05, 0.1) is 5.69 Å². The smallest absolute Gasteiger partial charge is 0.221 e. The second kappa shape index (κ2) is 7.07. The SMILES string of the molecule is CC1C/C(=N/Nc2cc(C(C)(C)C)cc(C(C)(C)C)c2O)C(=[NH2+])C=C1Cl. The van der Waals surface area contributed by atoms with Gasteiger partial charge in [-0.1, -0.05) is 66.1 Å². The predicted octanol–water partition coefficient (Wildman–Crippen LogP) is 4.12. The Morgan fingerprint density at radius 1 is 1.15 bits per heavy atom. The lowest BCUT2D eigenvalue weighted by molar-refractivity contribution is -0.109. The molecule has 5 heteroatoms. The minimum atomic E-state index is -0.185. The van der Waals surface area contributed by atoms with E-state index in [-0.39, 0.29) is 22.5 Å². The molecule has 142 valence electrons. The number of nitrogens with zero attached hydrogens (tertiary/aromatic N) is 1. The minimum absolute atomic E-state index is 0.0436. The summed E-state index contributed by atoms with van der Waals surface area (Å²) < 4.78 is 0. The molecule has 1 aliphatic rings. The molecule has 0 spiro atoms. The molecular formula is C21H31ClN3O+. The first-order valence-corrected chi connectivity index (χ1v) is 9.39. The minimum Gasteiger partial charge on any atom is -0.505 e. The number of anilines is 1. The van der Waals surface area contributed by atoms with Crippen molar-refractivity contribution >= 4 is 28.7 Å². The number of rotatable bonds is 2. The highest BCUT2D eigenvalue weighted by Gasteiger charge is 2.26. The number of aromatic hydroxyl groups is 1. The van der Waals surface area contributed by atoms with Crippen LogP contribution in [0.1, 0.15) is 66.0 Å². The third-order valence-electron chi connectivity index (χ3n) is 4.69. The van der Waals surface area contributed by atoms with Gasteiger partial charge in [-0.3, -0.25) is 10.8 Å². The molecule has 0 saturated carbocycles. The van der Waals surface area contributed by atoms with Crippen molar-refractivity contribution in [1.29, 1.82) is 0 Å². The summed E-state index contributed by atoms with van der Waals surface area (Å²) >= 11 is 6.16. The summed E-state index contributed by atoms with van der Waals surface area (Å²) in [5, 5.41) is 22.1. The number of hydrogen-bond donors (Lipinski definition) is 3. The summed E-state index contributed by atoms with van der Waals surface area (Å²) in [6.45, 7) is 14.8. The van der Waals surface area contributed by atoms with Gasteiger partial charge >= 0.3 is 0 Å². The van der Waals surface area contributed by atoms with E-state index in [1.807, 2.05) is 13.0 Å². The Kier molecular flexibility index (Phi) is 5.57. The summed E-state index contributed by atoms with van der Waals surface area (Å²) in [5.74, 6) is 0.412. The molecule has 2 rings (SSSR count). The van der Waals surface area contributed by atoms with Crippen molar-refractivity contribution in [3.8, 4) is 5.75 Å². The molecule has 0 fully saturated rings. The van der Waals surface area contributed by atoms with E-state index in [1.54, 1.807) is 6.08 Å². The molecule has 1 aromatic rings.